The molecule has 1 saturated heterocycles. The van der Waals surface area contributed by atoms with Gasteiger partial charge in [-0.25, -0.2) is 4.39 Å². The van der Waals surface area contributed by atoms with E-state index in [0.717, 1.165) is 12.0 Å². The van der Waals surface area contributed by atoms with Crippen LogP contribution in [0.3, 0.4) is 0 Å². The molecule has 2 aliphatic rings. The van der Waals surface area contributed by atoms with Crippen molar-refractivity contribution >= 4 is 11.9 Å². The first kappa shape index (κ1) is 12.8. The lowest BCUT2D eigenvalue weighted by Gasteiger charge is -2.19. The third-order valence-corrected chi connectivity index (χ3v) is 3.58. The van der Waals surface area contributed by atoms with Crippen molar-refractivity contribution in [2.24, 2.45) is 17.8 Å². The van der Waals surface area contributed by atoms with E-state index in [4.69, 9.17) is 0 Å². The monoisotopic (exact) mass is 253 g/mol. The quantitative estimate of drug-likeness (QED) is 0.610. The number of hydrogen-bond donors (Lipinski definition) is 1. The lowest BCUT2D eigenvalue weighted by atomic mass is 9.83. The molecule has 1 amide bonds. The van der Waals surface area contributed by atoms with E-state index < -0.39 is 23.7 Å². The van der Waals surface area contributed by atoms with E-state index in [-0.39, 0.29) is 11.7 Å². The van der Waals surface area contributed by atoms with E-state index >= 15 is 0 Å². The van der Waals surface area contributed by atoms with E-state index in [0.29, 0.717) is 6.54 Å². The Balaban J connectivity index is 2.23. The normalized spacial score (nSPS) is 30.8. The number of hydrogen-bond acceptors (Lipinski definition) is 3. The fraction of sp³-hybridized carbons (Fsp3) is 0.538. The van der Waals surface area contributed by atoms with Gasteiger partial charge in [-0.2, -0.15) is 0 Å². The number of esters is 1. The Morgan fingerprint density at radius 1 is 1.61 bits per heavy atom. The maximum atomic E-state index is 13.9. The molecule has 18 heavy (non-hydrogen) atoms. The topological polar surface area (TPSA) is 55.4 Å². The van der Waals surface area contributed by atoms with E-state index in [2.05, 4.69) is 10.1 Å². The van der Waals surface area contributed by atoms with Crippen LogP contribution < -0.4 is 5.32 Å². The van der Waals surface area contributed by atoms with Gasteiger partial charge < -0.3 is 10.1 Å². The third-order valence-electron chi connectivity index (χ3n) is 3.58. The van der Waals surface area contributed by atoms with Crippen LogP contribution in [0.15, 0.2) is 23.6 Å². The van der Waals surface area contributed by atoms with Crippen LogP contribution in [0.25, 0.3) is 0 Å². The van der Waals surface area contributed by atoms with Crippen LogP contribution in [0.5, 0.6) is 0 Å². The molecule has 1 heterocycles. The van der Waals surface area contributed by atoms with Crippen LogP contribution in [-0.2, 0) is 14.3 Å². The van der Waals surface area contributed by atoms with Gasteiger partial charge in [0, 0.05) is 18.4 Å². The smallest absolute Gasteiger partial charge is 0.318 e. The molecule has 0 radical (unpaired) electrons. The summed E-state index contributed by atoms with van der Waals surface area (Å²) >= 11 is 0. The lowest BCUT2D eigenvalue weighted by molar-refractivity contribution is -0.150. The van der Waals surface area contributed by atoms with Crippen molar-refractivity contribution in [1.82, 2.24) is 5.32 Å². The first-order valence-corrected chi connectivity index (χ1v) is 6.01. The number of methoxy groups -OCH3 is 1. The average molecular weight is 253 g/mol. The maximum Gasteiger partial charge on any atom is 0.318 e. The largest absolute Gasteiger partial charge is 0.468 e. The van der Waals surface area contributed by atoms with Crippen LogP contribution >= 0.6 is 0 Å². The number of amides is 1. The van der Waals surface area contributed by atoms with Gasteiger partial charge in [-0.15, -0.1) is 0 Å². The number of ether oxygens (including phenoxy) is 1. The molecule has 3 atom stereocenters. The average Bonchev–Trinajstić information content (AvgIpc) is 2.91. The molecule has 2 unspecified atom stereocenters. The van der Waals surface area contributed by atoms with Gasteiger partial charge in [-0.1, -0.05) is 13.0 Å². The predicted molar refractivity (Wildman–Crippen MR) is 63.1 cm³/mol. The molecule has 1 N–H and O–H groups in total. The number of halogens is 1. The third kappa shape index (κ3) is 2.05. The molecule has 2 rings (SSSR count). The van der Waals surface area contributed by atoms with Crippen LogP contribution in [-0.4, -0.2) is 25.5 Å². The molecule has 1 aliphatic heterocycles. The van der Waals surface area contributed by atoms with Crippen molar-refractivity contribution in [3.63, 3.8) is 0 Å². The zero-order chi connectivity index (χ0) is 13.3. The summed E-state index contributed by atoms with van der Waals surface area (Å²) in [6.07, 6.45) is 4.03. The fourth-order valence-corrected chi connectivity index (χ4v) is 2.56. The Bertz CT molecular complexity index is 442. The summed E-state index contributed by atoms with van der Waals surface area (Å²) in [5.41, 5.74) is 0.903. The zero-order valence-corrected chi connectivity index (χ0v) is 10.4. The van der Waals surface area contributed by atoms with Crippen molar-refractivity contribution in [3.05, 3.63) is 23.6 Å². The highest BCUT2D eigenvalue weighted by Crippen LogP contribution is 2.38. The highest BCUT2D eigenvalue weighted by molar-refractivity contribution is 5.99. The number of carbonyl (C=O) groups excluding carboxylic acids is 2. The van der Waals surface area contributed by atoms with Crippen LogP contribution in [0.1, 0.15) is 13.3 Å². The van der Waals surface area contributed by atoms with Crippen LogP contribution in [0.2, 0.25) is 0 Å². The van der Waals surface area contributed by atoms with Gasteiger partial charge in [0.2, 0.25) is 5.91 Å². The molecule has 0 saturated carbocycles. The molecule has 98 valence electrons. The molecular weight excluding hydrogens is 237 g/mol. The van der Waals surface area contributed by atoms with Crippen molar-refractivity contribution in [3.8, 4) is 0 Å². The predicted octanol–water partition coefficient (Wildman–Crippen LogP) is 1.34. The lowest BCUT2D eigenvalue weighted by Crippen LogP contribution is -2.31. The highest BCUT2D eigenvalue weighted by atomic mass is 19.1. The Labute approximate surface area is 105 Å². The summed E-state index contributed by atoms with van der Waals surface area (Å²) in [5.74, 6) is -3.05. The molecule has 0 aromatic carbocycles. The number of nitrogens with one attached hydrogen (secondary N) is 1. The second kappa shape index (κ2) is 4.92. The summed E-state index contributed by atoms with van der Waals surface area (Å²) in [4.78, 5) is 23.2. The molecule has 4 nitrogen and oxygen atoms in total. The fourth-order valence-electron chi connectivity index (χ4n) is 2.56. The molecular formula is C13H16FNO3. The van der Waals surface area contributed by atoms with E-state index in [1.165, 1.54) is 13.2 Å². The maximum absolute atomic E-state index is 13.9. The van der Waals surface area contributed by atoms with Gasteiger partial charge in [0.05, 0.1) is 7.11 Å². The molecule has 0 spiro atoms. The summed E-state index contributed by atoms with van der Waals surface area (Å²) in [6.45, 7) is 2.24. The zero-order valence-electron chi connectivity index (χ0n) is 10.4. The Hall–Kier alpha value is -1.65. The molecule has 1 aliphatic carbocycles. The van der Waals surface area contributed by atoms with Crippen molar-refractivity contribution in [1.29, 1.82) is 0 Å². The Morgan fingerprint density at radius 3 is 2.89 bits per heavy atom. The molecule has 0 aromatic heterocycles. The second-order valence-corrected chi connectivity index (χ2v) is 4.56. The first-order chi connectivity index (χ1) is 8.58. The molecule has 0 bridgehead atoms. The van der Waals surface area contributed by atoms with Crippen LogP contribution in [0.4, 0.5) is 4.39 Å². The standard InChI is InChI=1S/C13H16FNO3/c1-3-7-4-8(10(14)5-7)9-6-15-12(16)11(9)13(17)18-2/h4-5,8-9,11H,3,6H2,1-2H3,(H,15,16)/t8?,9?,11-/m0/s1. The van der Waals surface area contributed by atoms with Gasteiger partial charge in [0.25, 0.3) is 0 Å². The van der Waals surface area contributed by atoms with Crippen molar-refractivity contribution in [2.75, 3.05) is 13.7 Å². The van der Waals surface area contributed by atoms with Gasteiger partial charge in [0.15, 0.2) is 0 Å². The summed E-state index contributed by atoms with van der Waals surface area (Å²) in [6, 6.07) is 0. The second-order valence-electron chi connectivity index (χ2n) is 4.56. The Kier molecular flexibility index (Phi) is 3.50. The molecule has 5 heteroatoms. The van der Waals surface area contributed by atoms with Crippen LogP contribution in [0, 0.1) is 17.8 Å². The molecule has 0 aromatic rings. The minimum atomic E-state index is -0.911. The van der Waals surface area contributed by atoms with E-state index in [1.54, 1.807) is 6.08 Å². The minimum Gasteiger partial charge on any atom is -0.468 e. The van der Waals surface area contributed by atoms with Crippen molar-refractivity contribution < 1.29 is 18.7 Å². The van der Waals surface area contributed by atoms with Gasteiger partial charge in [-0.05, 0) is 18.1 Å². The number of rotatable bonds is 3. The van der Waals surface area contributed by atoms with Gasteiger partial charge >= 0.3 is 5.97 Å². The van der Waals surface area contributed by atoms with Gasteiger partial charge in [0.1, 0.15) is 11.7 Å². The summed E-state index contributed by atoms with van der Waals surface area (Å²) in [5, 5.41) is 2.60. The molecule has 1 fully saturated rings. The highest BCUT2D eigenvalue weighted by Gasteiger charge is 2.46. The summed E-state index contributed by atoms with van der Waals surface area (Å²) in [7, 11) is 1.24. The number of allylic oxidation sites excluding steroid dienone is 4. The Morgan fingerprint density at radius 2 is 2.33 bits per heavy atom. The minimum absolute atomic E-state index is 0.276. The van der Waals surface area contributed by atoms with Gasteiger partial charge in [-0.3, -0.25) is 9.59 Å². The van der Waals surface area contributed by atoms with E-state index in [1.807, 2.05) is 6.92 Å². The SMILES string of the molecule is CCC1=CC(C2CNC(=O)[C@H]2C(=O)OC)C(F)=C1. The van der Waals surface area contributed by atoms with Crippen molar-refractivity contribution in [2.45, 2.75) is 13.3 Å². The first-order valence-electron chi connectivity index (χ1n) is 6.01. The number of carbonyl (C=O) groups is 2. The van der Waals surface area contributed by atoms with E-state index in [9.17, 15) is 14.0 Å². The summed E-state index contributed by atoms with van der Waals surface area (Å²) < 4.78 is 18.5.